The molecule has 0 fully saturated rings. The Kier molecular flexibility index (Phi) is 7.22. The number of halogens is 2. The number of aliphatic hydroxyl groups excluding tert-OH is 1. The smallest absolute Gasteiger partial charge is 0.128 e. The Bertz CT molecular complexity index is 372. The lowest BCUT2D eigenvalue weighted by atomic mass is 10.1. The molecule has 2 atom stereocenters. The normalized spacial score (nSPS) is 14.5. The van der Waals surface area contributed by atoms with Gasteiger partial charge in [-0.2, -0.15) is 11.8 Å². The van der Waals surface area contributed by atoms with E-state index in [4.69, 9.17) is 5.11 Å². The first-order valence-corrected chi connectivity index (χ1v) is 8.08. The van der Waals surface area contributed by atoms with Crippen molar-refractivity contribution in [1.82, 2.24) is 5.32 Å². The van der Waals surface area contributed by atoms with Gasteiger partial charge in [0.25, 0.3) is 0 Å². The van der Waals surface area contributed by atoms with Gasteiger partial charge in [0.05, 0.1) is 0 Å². The fraction of sp³-hybridized carbons (Fsp3) is 0.538. The van der Waals surface area contributed by atoms with Crippen LogP contribution in [-0.2, 0) is 0 Å². The quantitative estimate of drug-likeness (QED) is 0.801. The minimum Gasteiger partial charge on any atom is -0.396 e. The highest BCUT2D eigenvalue weighted by atomic mass is 79.9. The molecule has 1 aromatic rings. The van der Waals surface area contributed by atoms with Gasteiger partial charge in [0.15, 0.2) is 0 Å². The first-order chi connectivity index (χ1) is 8.58. The minimum absolute atomic E-state index is 0.0776. The van der Waals surface area contributed by atoms with Crippen LogP contribution in [0, 0.1) is 5.82 Å². The molecule has 2 N–H and O–H groups in total. The van der Waals surface area contributed by atoms with Gasteiger partial charge in [-0.1, -0.05) is 15.9 Å². The molecule has 0 aromatic heterocycles. The van der Waals surface area contributed by atoms with Gasteiger partial charge in [0.2, 0.25) is 0 Å². The molecule has 0 aliphatic heterocycles. The summed E-state index contributed by atoms with van der Waals surface area (Å²) >= 11 is 5.07. The summed E-state index contributed by atoms with van der Waals surface area (Å²) in [5.41, 5.74) is 0.647. The average molecular weight is 336 g/mol. The van der Waals surface area contributed by atoms with Crippen LogP contribution >= 0.6 is 27.7 Å². The largest absolute Gasteiger partial charge is 0.396 e. The third-order valence-electron chi connectivity index (χ3n) is 2.76. The third kappa shape index (κ3) is 4.88. The predicted octanol–water partition coefficient (Wildman–Crippen LogP) is 3.35. The Balaban J connectivity index is 2.73. The second kappa shape index (κ2) is 8.15. The molecule has 102 valence electrons. The van der Waals surface area contributed by atoms with Gasteiger partial charge in [-0.25, -0.2) is 4.39 Å². The lowest BCUT2D eigenvalue weighted by molar-refractivity contribution is 0.265. The van der Waals surface area contributed by atoms with Gasteiger partial charge in [-0.3, -0.25) is 0 Å². The molecule has 0 aliphatic carbocycles. The van der Waals surface area contributed by atoms with E-state index in [-0.39, 0.29) is 24.5 Å². The molecule has 0 amide bonds. The molecular formula is C13H19BrFNOS. The summed E-state index contributed by atoms with van der Waals surface area (Å²) in [4.78, 5) is 0. The monoisotopic (exact) mass is 335 g/mol. The maximum absolute atomic E-state index is 13.7. The van der Waals surface area contributed by atoms with Crippen LogP contribution in [0.3, 0.4) is 0 Å². The molecule has 0 bridgehead atoms. The van der Waals surface area contributed by atoms with Crippen LogP contribution in [0.5, 0.6) is 0 Å². The Morgan fingerprint density at radius 3 is 2.83 bits per heavy atom. The van der Waals surface area contributed by atoms with Crippen molar-refractivity contribution in [3.8, 4) is 0 Å². The van der Waals surface area contributed by atoms with Crippen molar-refractivity contribution in [1.29, 1.82) is 0 Å². The van der Waals surface area contributed by atoms with Crippen molar-refractivity contribution >= 4 is 27.7 Å². The van der Waals surface area contributed by atoms with Gasteiger partial charge < -0.3 is 10.4 Å². The summed E-state index contributed by atoms with van der Waals surface area (Å²) in [6, 6.07) is 5.07. The van der Waals surface area contributed by atoms with Crippen molar-refractivity contribution in [2.24, 2.45) is 0 Å². The number of nitrogens with one attached hydrogen (secondary N) is 1. The summed E-state index contributed by atoms with van der Waals surface area (Å²) in [5.74, 6) is 0.700. The van der Waals surface area contributed by atoms with Gasteiger partial charge in [0, 0.05) is 34.5 Å². The highest BCUT2D eigenvalue weighted by Gasteiger charge is 2.15. The number of aliphatic hydroxyl groups is 1. The SMILES string of the molecule is CSCC(CCO)NC(C)c1cc(Br)ccc1F. The van der Waals surface area contributed by atoms with Crippen molar-refractivity contribution < 1.29 is 9.50 Å². The van der Waals surface area contributed by atoms with E-state index in [1.54, 1.807) is 23.9 Å². The molecule has 0 saturated carbocycles. The number of rotatable bonds is 7. The second-order valence-electron chi connectivity index (χ2n) is 4.22. The second-order valence-corrected chi connectivity index (χ2v) is 6.05. The molecule has 5 heteroatoms. The number of thioether (sulfide) groups is 1. The lowest BCUT2D eigenvalue weighted by Gasteiger charge is -2.23. The van der Waals surface area contributed by atoms with Crippen LogP contribution in [0.15, 0.2) is 22.7 Å². The Labute approximate surface area is 120 Å². The van der Waals surface area contributed by atoms with Crippen LogP contribution in [0.1, 0.15) is 24.9 Å². The van der Waals surface area contributed by atoms with E-state index >= 15 is 0 Å². The molecule has 0 saturated heterocycles. The van der Waals surface area contributed by atoms with Crippen molar-refractivity contribution in [3.63, 3.8) is 0 Å². The highest BCUT2D eigenvalue weighted by Crippen LogP contribution is 2.22. The molecule has 18 heavy (non-hydrogen) atoms. The van der Waals surface area contributed by atoms with Crippen LogP contribution in [0.2, 0.25) is 0 Å². The first-order valence-electron chi connectivity index (χ1n) is 5.89. The van der Waals surface area contributed by atoms with Crippen LogP contribution in [-0.4, -0.2) is 29.8 Å². The molecule has 0 spiro atoms. The molecule has 2 nitrogen and oxygen atoms in total. The molecule has 1 aromatic carbocycles. The van der Waals surface area contributed by atoms with E-state index in [2.05, 4.69) is 21.2 Å². The van der Waals surface area contributed by atoms with E-state index in [0.29, 0.717) is 12.0 Å². The zero-order chi connectivity index (χ0) is 13.5. The third-order valence-corrected chi connectivity index (χ3v) is 3.98. The Morgan fingerprint density at radius 2 is 2.22 bits per heavy atom. The summed E-state index contributed by atoms with van der Waals surface area (Å²) in [6.07, 6.45) is 2.71. The van der Waals surface area contributed by atoms with Crippen molar-refractivity contribution in [2.45, 2.75) is 25.4 Å². The van der Waals surface area contributed by atoms with Gasteiger partial charge >= 0.3 is 0 Å². The maximum atomic E-state index is 13.7. The minimum atomic E-state index is -0.204. The van der Waals surface area contributed by atoms with Gasteiger partial charge in [-0.15, -0.1) is 0 Å². The predicted molar refractivity (Wildman–Crippen MR) is 79.5 cm³/mol. The molecule has 0 aliphatic rings. The molecule has 0 heterocycles. The van der Waals surface area contributed by atoms with Gasteiger partial charge in [0.1, 0.15) is 5.82 Å². The Hall–Kier alpha value is -0.100. The molecule has 2 unspecified atom stereocenters. The van der Waals surface area contributed by atoms with Crippen LogP contribution in [0.4, 0.5) is 4.39 Å². The number of hydrogen-bond donors (Lipinski definition) is 2. The molecule has 1 rings (SSSR count). The fourth-order valence-electron chi connectivity index (χ4n) is 1.86. The topological polar surface area (TPSA) is 32.3 Å². The fourth-order valence-corrected chi connectivity index (χ4v) is 2.91. The van der Waals surface area contributed by atoms with Gasteiger partial charge in [-0.05, 0) is 37.8 Å². The number of hydrogen-bond acceptors (Lipinski definition) is 3. The molecule has 0 radical (unpaired) electrons. The zero-order valence-corrected chi connectivity index (χ0v) is 13.0. The van der Waals surface area contributed by atoms with Crippen molar-refractivity contribution in [3.05, 3.63) is 34.1 Å². The lowest BCUT2D eigenvalue weighted by Crippen LogP contribution is -2.34. The summed E-state index contributed by atoms with van der Waals surface area (Å²) in [7, 11) is 0. The summed E-state index contributed by atoms with van der Waals surface area (Å²) in [6.45, 7) is 2.08. The van der Waals surface area contributed by atoms with Crippen LogP contribution < -0.4 is 5.32 Å². The van der Waals surface area contributed by atoms with Crippen LogP contribution in [0.25, 0.3) is 0 Å². The standard InChI is InChI=1S/C13H19BrFNOS/c1-9(16-11(5-6-17)8-18-2)12-7-10(14)3-4-13(12)15/h3-4,7,9,11,16-17H,5-6,8H2,1-2H3. The average Bonchev–Trinajstić information content (AvgIpc) is 2.33. The molecular weight excluding hydrogens is 317 g/mol. The summed E-state index contributed by atoms with van der Waals surface area (Å²) < 4.78 is 14.6. The Morgan fingerprint density at radius 1 is 1.50 bits per heavy atom. The first kappa shape index (κ1) is 16.0. The van der Waals surface area contributed by atoms with Crippen molar-refractivity contribution in [2.75, 3.05) is 18.6 Å². The highest BCUT2D eigenvalue weighted by molar-refractivity contribution is 9.10. The van der Waals surface area contributed by atoms with E-state index in [1.807, 2.05) is 13.2 Å². The van der Waals surface area contributed by atoms with E-state index in [1.165, 1.54) is 6.07 Å². The zero-order valence-electron chi connectivity index (χ0n) is 10.6. The summed E-state index contributed by atoms with van der Waals surface area (Å²) in [5, 5.41) is 12.4. The number of benzene rings is 1. The van der Waals surface area contributed by atoms with E-state index < -0.39 is 0 Å². The van der Waals surface area contributed by atoms with E-state index in [0.717, 1.165) is 10.2 Å². The maximum Gasteiger partial charge on any atom is 0.128 e. The van der Waals surface area contributed by atoms with E-state index in [9.17, 15) is 4.39 Å².